The maximum atomic E-state index is 12.5. The van der Waals surface area contributed by atoms with E-state index >= 15 is 0 Å². The van der Waals surface area contributed by atoms with Crippen molar-refractivity contribution in [2.24, 2.45) is 11.7 Å². The van der Waals surface area contributed by atoms with E-state index in [1.54, 1.807) is 11.3 Å². The molecule has 1 aliphatic rings. The Bertz CT molecular complexity index is 653. The summed E-state index contributed by atoms with van der Waals surface area (Å²) in [6.07, 6.45) is 4.08. The lowest BCUT2D eigenvalue weighted by molar-refractivity contribution is -0.128. The van der Waals surface area contributed by atoms with Gasteiger partial charge in [0.15, 0.2) is 0 Å². The number of nitrogens with two attached hydrogens (primary N) is 1. The Balaban J connectivity index is 0.00000176. The van der Waals surface area contributed by atoms with Crippen LogP contribution < -0.4 is 11.1 Å². The Hall–Kier alpha value is -1.10. The maximum Gasteiger partial charge on any atom is 0.225 e. The summed E-state index contributed by atoms with van der Waals surface area (Å²) in [7, 11) is 0. The highest BCUT2D eigenvalue weighted by atomic mass is 35.5. The standard InChI is InChI=1S/C17H22N2OS.ClH/c1-17(18)9-5-4-7-14(17)16(20)19-10-12-11-21-15-8-3-2-6-13(12)15;/h2-3,6,8,11,14H,4-5,7,9-10,18H2,1H3,(H,19,20);1H. The zero-order chi connectivity index (χ0) is 14.9. The van der Waals surface area contributed by atoms with Gasteiger partial charge >= 0.3 is 0 Å². The SMILES string of the molecule is CC1(N)CCCCC1C(=O)NCc1csc2ccccc12.Cl. The van der Waals surface area contributed by atoms with E-state index in [-0.39, 0.29) is 29.8 Å². The minimum atomic E-state index is -0.362. The molecule has 120 valence electrons. The van der Waals surface area contributed by atoms with Crippen molar-refractivity contribution < 1.29 is 4.79 Å². The summed E-state index contributed by atoms with van der Waals surface area (Å²) >= 11 is 1.72. The Morgan fingerprint density at radius 2 is 2.18 bits per heavy atom. The van der Waals surface area contributed by atoms with Crippen LogP contribution >= 0.6 is 23.7 Å². The molecule has 0 saturated heterocycles. The number of halogens is 1. The van der Waals surface area contributed by atoms with Gasteiger partial charge in [-0.3, -0.25) is 4.79 Å². The van der Waals surface area contributed by atoms with Crippen LogP contribution in [0.3, 0.4) is 0 Å². The average Bonchev–Trinajstić information content (AvgIpc) is 2.87. The van der Waals surface area contributed by atoms with Crippen LogP contribution in [0.15, 0.2) is 29.6 Å². The van der Waals surface area contributed by atoms with E-state index < -0.39 is 0 Å². The van der Waals surface area contributed by atoms with Gasteiger partial charge in [-0.15, -0.1) is 23.7 Å². The van der Waals surface area contributed by atoms with Crippen LogP contribution in [0.25, 0.3) is 10.1 Å². The lowest BCUT2D eigenvalue weighted by Crippen LogP contribution is -2.52. The molecule has 0 spiro atoms. The van der Waals surface area contributed by atoms with Gasteiger partial charge in [-0.25, -0.2) is 0 Å². The van der Waals surface area contributed by atoms with Crippen LogP contribution in [0.1, 0.15) is 38.2 Å². The molecular formula is C17H23ClN2OS. The number of benzene rings is 1. The van der Waals surface area contributed by atoms with Crippen LogP contribution in [0, 0.1) is 5.92 Å². The normalized spacial score (nSPS) is 24.7. The fourth-order valence-corrected chi connectivity index (χ4v) is 4.23. The fraction of sp³-hybridized carbons (Fsp3) is 0.471. The highest BCUT2D eigenvalue weighted by Gasteiger charge is 2.37. The monoisotopic (exact) mass is 338 g/mol. The third-order valence-electron chi connectivity index (χ3n) is 4.59. The summed E-state index contributed by atoms with van der Waals surface area (Å²) in [6, 6.07) is 8.31. The molecule has 0 radical (unpaired) electrons. The van der Waals surface area contributed by atoms with E-state index in [9.17, 15) is 4.79 Å². The van der Waals surface area contributed by atoms with Crippen molar-refractivity contribution in [1.29, 1.82) is 0 Å². The summed E-state index contributed by atoms with van der Waals surface area (Å²) in [5.74, 6) is 0.0473. The first-order valence-electron chi connectivity index (χ1n) is 7.59. The lowest BCUT2D eigenvalue weighted by Gasteiger charge is -2.37. The number of fused-ring (bicyclic) bond motifs is 1. The molecule has 3 nitrogen and oxygen atoms in total. The summed E-state index contributed by atoms with van der Waals surface area (Å²) in [4.78, 5) is 12.5. The largest absolute Gasteiger partial charge is 0.352 e. The number of hydrogen-bond acceptors (Lipinski definition) is 3. The Kier molecular flexibility index (Phi) is 5.48. The van der Waals surface area contributed by atoms with E-state index in [4.69, 9.17) is 5.73 Å². The molecule has 1 heterocycles. The second kappa shape index (κ2) is 6.99. The number of hydrogen-bond donors (Lipinski definition) is 2. The Morgan fingerprint density at radius 1 is 1.41 bits per heavy atom. The molecule has 2 unspecified atom stereocenters. The molecule has 2 atom stereocenters. The van der Waals surface area contributed by atoms with Gasteiger partial charge in [0, 0.05) is 16.8 Å². The number of thiophene rings is 1. The van der Waals surface area contributed by atoms with Crippen LogP contribution in [-0.4, -0.2) is 11.4 Å². The summed E-state index contributed by atoms with van der Waals surface area (Å²) in [6.45, 7) is 2.60. The Labute approximate surface area is 141 Å². The zero-order valence-corrected chi connectivity index (χ0v) is 14.4. The molecule has 1 fully saturated rings. The number of amides is 1. The van der Waals surface area contributed by atoms with Crippen molar-refractivity contribution in [3.05, 3.63) is 35.2 Å². The van der Waals surface area contributed by atoms with Crippen LogP contribution in [0.2, 0.25) is 0 Å². The van der Waals surface area contributed by atoms with Crippen LogP contribution in [-0.2, 0) is 11.3 Å². The molecule has 0 aliphatic heterocycles. The van der Waals surface area contributed by atoms with E-state index in [2.05, 4.69) is 22.8 Å². The smallest absolute Gasteiger partial charge is 0.225 e. The van der Waals surface area contributed by atoms with Crippen LogP contribution in [0.5, 0.6) is 0 Å². The lowest BCUT2D eigenvalue weighted by atomic mass is 9.74. The van der Waals surface area contributed by atoms with Crippen molar-refractivity contribution in [2.75, 3.05) is 0 Å². The second-order valence-electron chi connectivity index (χ2n) is 6.28. The van der Waals surface area contributed by atoms with E-state index in [1.165, 1.54) is 15.6 Å². The minimum Gasteiger partial charge on any atom is -0.352 e. The highest BCUT2D eigenvalue weighted by molar-refractivity contribution is 7.17. The summed E-state index contributed by atoms with van der Waals surface area (Å²) in [5, 5.41) is 6.46. The van der Waals surface area contributed by atoms with Crippen LogP contribution in [0.4, 0.5) is 0 Å². The number of rotatable bonds is 3. The second-order valence-corrected chi connectivity index (χ2v) is 7.19. The van der Waals surface area contributed by atoms with Gasteiger partial charge < -0.3 is 11.1 Å². The molecule has 22 heavy (non-hydrogen) atoms. The summed E-state index contributed by atoms with van der Waals surface area (Å²) < 4.78 is 1.27. The predicted octanol–water partition coefficient (Wildman–Crippen LogP) is 3.85. The molecule has 0 bridgehead atoms. The fourth-order valence-electron chi connectivity index (χ4n) is 3.26. The molecule has 1 amide bonds. The van der Waals surface area contributed by atoms with Gasteiger partial charge in [0.25, 0.3) is 0 Å². The molecule has 5 heteroatoms. The number of carbonyl (C=O) groups is 1. The van der Waals surface area contributed by atoms with E-state index in [0.717, 1.165) is 25.7 Å². The van der Waals surface area contributed by atoms with Crippen molar-refractivity contribution in [3.63, 3.8) is 0 Å². The van der Waals surface area contributed by atoms with Gasteiger partial charge in [-0.2, -0.15) is 0 Å². The molecule has 1 aliphatic carbocycles. The first-order valence-corrected chi connectivity index (χ1v) is 8.47. The third kappa shape index (κ3) is 3.45. The first-order chi connectivity index (χ1) is 10.1. The molecular weight excluding hydrogens is 316 g/mol. The summed E-state index contributed by atoms with van der Waals surface area (Å²) in [5.41, 5.74) is 7.13. The molecule has 3 N–H and O–H groups in total. The van der Waals surface area contributed by atoms with Gasteiger partial charge in [-0.05, 0) is 42.2 Å². The first kappa shape index (κ1) is 17.3. The van der Waals surface area contributed by atoms with Crippen molar-refractivity contribution in [2.45, 2.75) is 44.7 Å². The van der Waals surface area contributed by atoms with E-state index in [1.807, 2.05) is 19.1 Å². The van der Waals surface area contributed by atoms with Gasteiger partial charge in [0.2, 0.25) is 5.91 Å². The maximum absolute atomic E-state index is 12.5. The molecule has 1 aromatic heterocycles. The minimum absolute atomic E-state index is 0. The number of carbonyl (C=O) groups excluding carboxylic acids is 1. The zero-order valence-electron chi connectivity index (χ0n) is 12.8. The average molecular weight is 339 g/mol. The molecule has 1 saturated carbocycles. The van der Waals surface area contributed by atoms with Gasteiger partial charge in [0.1, 0.15) is 0 Å². The topological polar surface area (TPSA) is 55.1 Å². The molecule has 1 aromatic carbocycles. The van der Waals surface area contributed by atoms with Gasteiger partial charge in [0.05, 0.1) is 5.92 Å². The van der Waals surface area contributed by atoms with Crippen molar-refractivity contribution in [1.82, 2.24) is 5.32 Å². The molecule has 3 rings (SSSR count). The van der Waals surface area contributed by atoms with Gasteiger partial charge in [-0.1, -0.05) is 31.0 Å². The van der Waals surface area contributed by atoms with Crippen molar-refractivity contribution >= 4 is 39.7 Å². The van der Waals surface area contributed by atoms with E-state index in [0.29, 0.717) is 6.54 Å². The van der Waals surface area contributed by atoms with Crippen molar-refractivity contribution in [3.8, 4) is 0 Å². The predicted molar refractivity (Wildman–Crippen MR) is 95.5 cm³/mol. The quantitative estimate of drug-likeness (QED) is 0.893. The third-order valence-corrected chi connectivity index (χ3v) is 5.60. The molecule has 2 aromatic rings. The number of nitrogens with one attached hydrogen (secondary N) is 1. The Morgan fingerprint density at radius 3 is 2.95 bits per heavy atom. The highest BCUT2D eigenvalue weighted by Crippen LogP contribution is 2.32.